The molecule has 3 aromatic carbocycles. The number of aliphatic hydroxyl groups is 3. The maximum absolute atomic E-state index is 15.7. The van der Waals surface area contributed by atoms with E-state index in [9.17, 15) is 39.3 Å². The van der Waals surface area contributed by atoms with Gasteiger partial charge in [-0.3, -0.25) is 19.2 Å². The topological polar surface area (TPSA) is 221 Å². The number of ketones is 1. The van der Waals surface area contributed by atoms with Gasteiger partial charge in [-0.25, -0.2) is 9.59 Å². The molecule has 1 saturated heterocycles. The highest BCUT2D eigenvalue weighted by atomic mass is 16.6. The molecule has 3 aliphatic carbocycles. The fourth-order valence-electron chi connectivity index (χ4n) is 10.6. The maximum atomic E-state index is 15.7. The third-order valence-corrected chi connectivity index (χ3v) is 14.3. The summed E-state index contributed by atoms with van der Waals surface area (Å²) in [5.74, 6) is -6.88. The van der Waals surface area contributed by atoms with Gasteiger partial charge in [0.15, 0.2) is 23.6 Å². The minimum absolute atomic E-state index is 0.0157. The molecule has 67 heavy (non-hydrogen) atoms. The Labute approximate surface area is 388 Å². The summed E-state index contributed by atoms with van der Waals surface area (Å²) in [6.45, 7) is 14.3. The first kappa shape index (κ1) is 48.7. The number of carbonyl (C=O) groups is 6. The molecule has 0 spiro atoms. The lowest BCUT2D eigenvalue weighted by Crippen LogP contribution is -2.82. The van der Waals surface area contributed by atoms with Gasteiger partial charge in [-0.1, -0.05) is 87.2 Å². The summed E-state index contributed by atoms with van der Waals surface area (Å²) in [7, 11) is 0. The van der Waals surface area contributed by atoms with Crippen LogP contribution in [0.25, 0.3) is 6.08 Å². The van der Waals surface area contributed by atoms with E-state index >= 15 is 4.79 Å². The molecule has 2 saturated carbocycles. The predicted octanol–water partition coefficient (Wildman–Crippen LogP) is 5.33. The van der Waals surface area contributed by atoms with Crippen molar-refractivity contribution in [2.45, 2.75) is 114 Å². The standard InChI is InChI=1S/C52H57NO14/c1-8-10-24-38(56)67-51-28-63-37(51)26-36(55)50(7)43(51)45(66-47(60)33-21-15-12-16-22-33)52(62)27-35(29(3)39(49(52,5)6)42(44(50)58)64-30(4)54)65-48(61)41(57)40(34-23-17-18-31(9-2)25-34)53-46(59)32-19-13-11-14-20-32/h8-9,11-23,25,35-37,40-43,45,55,57,62H,1-2,10,24,26-28H2,3-7H3,(H,53,59)/t35-,36-,37?,40-,41+,42+,43-,45-,50+,51-,52+/m0/s1. The number of allylic oxidation sites excluding steroid dienone is 1. The van der Waals surface area contributed by atoms with Gasteiger partial charge in [0.2, 0.25) is 0 Å². The third kappa shape index (κ3) is 8.54. The number of hydrogen-bond acceptors (Lipinski definition) is 14. The fourth-order valence-corrected chi connectivity index (χ4v) is 10.6. The van der Waals surface area contributed by atoms with E-state index in [1.54, 1.807) is 92.7 Å². The normalized spacial score (nSPS) is 30.2. The highest BCUT2D eigenvalue weighted by molar-refractivity contribution is 5.96. The summed E-state index contributed by atoms with van der Waals surface area (Å²) in [6.07, 6.45) is -7.57. The molecule has 11 atom stereocenters. The van der Waals surface area contributed by atoms with Crippen molar-refractivity contribution in [3.05, 3.63) is 138 Å². The van der Waals surface area contributed by atoms with Crippen molar-refractivity contribution in [3.63, 3.8) is 0 Å². The van der Waals surface area contributed by atoms with Gasteiger partial charge in [0.1, 0.15) is 23.9 Å². The van der Waals surface area contributed by atoms with Crippen LogP contribution < -0.4 is 5.32 Å². The Morgan fingerprint density at radius 3 is 2.18 bits per heavy atom. The lowest BCUT2D eigenvalue weighted by molar-refractivity contribution is -0.346. The highest BCUT2D eigenvalue weighted by Gasteiger charge is 2.78. The highest BCUT2D eigenvalue weighted by Crippen LogP contribution is 2.64. The van der Waals surface area contributed by atoms with E-state index in [1.165, 1.54) is 32.1 Å². The lowest BCUT2D eigenvalue weighted by Gasteiger charge is -2.67. The second-order valence-electron chi connectivity index (χ2n) is 18.5. The van der Waals surface area contributed by atoms with Gasteiger partial charge in [-0.15, -0.1) is 6.58 Å². The predicted molar refractivity (Wildman–Crippen MR) is 242 cm³/mol. The number of nitrogens with one attached hydrogen (secondary N) is 1. The number of carbonyl (C=O) groups excluding carboxylic acids is 6. The Morgan fingerprint density at radius 1 is 0.925 bits per heavy atom. The second-order valence-corrected chi connectivity index (χ2v) is 18.5. The number of fused-ring (bicyclic) bond motifs is 5. The van der Waals surface area contributed by atoms with Gasteiger partial charge in [-0.05, 0) is 72.9 Å². The van der Waals surface area contributed by atoms with E-state index in [0.29, 0.717) is 11.1 Å². The molecule has 0 aromatic heterocycles. The first-order valence-electron chi connectivity index (χ1n) is 22.3. The monoisotopic (exact) mass is 919 g/mol. The molecule has 4 aliphatic rings. The molecule has 15 heteroatoms. The number of aliphatic hydroxyl groups excluding tert-OH is 2. The van der Waals surface area contributed by atoms with E-state index in [0.717, 1.165) is 6.92 Å². The van der Waals surface area contributed by atoms with Gasteiger partial charge in [-0.2, -0.15) is 0 Å². The maximum Gasteiger partial charge on any atom is 0.338 e. The lowest BCUT2D eigenvalue weighted by atomic mass is 9.44. The average Bonchev–Trinajstić information content (AvgIpc) is 3.31. The van der Waals surface area contributed by atoms with Crippen LogP contribution in [0.4, 0.5) is 0 Å². The van der Waals surface area contributed by atoms with Gasteiger partial charge in [0.05, 0.1) is 35.6 Å². The Morgan fingerprint density at radius 2 is 1.58 bits per heavy atom. The second kappa shape index (κ2) is 18.8. The number of benzene rings is 3. The van der Waals surface area contributed by atoms with Crippen LogP contribution in [0.15, 0.2) is 115 Å². The van der Waals surface area contributed by atoms with Crippen molar-refractivity contribution >= 4 is 41.6 Å². The molecule has 7 rings (SSSR count). The van der Waals surface area contributed by atoms with Crippen LogP contribution in [0, 0.1) is 16.7 Å². The minimum atomic E-state index is -2.43. The molecule has 4 N–H and O–H groups in total. The molecular weight excluding hydrogens is 863 g/mol. The number of amides is 1. The van der Waals surface area contributed by atoms with Crippen molar-refractivity contribution in [3.8, 4) is 0 Å². The summed E-state index contributed by atoms with van der Waals surface area (Å²) >= 11 is 0. The van der Waals surface area contributed by atoms with E-state index in [-0.39, 0.29) is 48.1 Å². The summed E-state index contributed by atoms with van der Waals surface area (Å²) in [4.78, 5) is 85.1. The number of Topliss-reactive ketones (excluding diaryl/α,β-unsaturated/α-hetero) is 1. The van der Waals surface area contributed by atoms with Crippen molar-refractivity contribution in [2.75, 3.05) is 6.61 Å². The van der Waals surface area contributed by atoms with Crippen molar-refractivity contribution in [1.82, 2.24) is 5.32 Å². The largest absolute Gasteiger partial charge is 0.456 e. The summed E-state index contributed by atoms with van der Waals surface area (Å²) < 4.78 is 30.8. The van der Waals surface area contributed by atoms with Crippen LogP contribution in [0.2, 0.25) is 0 Å². The molecule has 1 unspecified atom stereocenters. The summed E-state index contributed by atoms with van der Waals surface area (Å²) in [5.41, 5.74) is -6.64. The Bertz CT molecular complexity index is 2480. The van der Waals surface area contributed by atoms with Crippen LogP contribution in [0.1, 0.15) is 98.2 Å². The van der Waals surface area contributed by atoms with Crippen molar-refractivity contribution < 1.29 is 67.8 Å². The minimum Gasteiger partial charge on any atom is -0.456 e. The zero-order valence-electron chi connectivity index (χ0n) is 38.1. The molecule has 2 bridgehead atoms. The molecule has 3 aromatic rings. The molecular formula is C52H57NO14. The van der Waals surface area contributed by atoms with Crippen LogP contribution >= 0.6 is 0 Å². The van der Waals surface area contributed by atoms with Gasteiger partial charge in [0.25, 0.3) is 5.91 Å². The first-order valence-corrected chi connectivity index (χ1v) is 22.3. The molecule has 3 fully saturated rings. The molecule has 1 heterocycles. The summed E-state index contributed by atoms with van der Waals surface area (Å²) in [6, 6.07) is 21.2. The van der Waals surface area contributed by atoms with Gasteiger partial charge in [0, 0.05) is 37.2 Å². The van der Waals surface area contributed by atoms with Gasteiger partial charge < -0.3 is 44.3 Å². The van der Waals surface area contributed by atoms with Crippen LogP contribution in [0.5, 0.6) is 0 Å². The summed E-state index contributed by atoms with van der Waals surface area (Å²) in [5, 5.41) is 40.8. The Kier molecular flexibility index (Phi) is 13.6. The Balaban J connectivity index is 1.40. The zero-order valence-corrected chi connectivity index (χ0v) is 38.1. The molecule has 1 amide bonds. The third-order valence-electron chi connectivity index (χ3n) is 14.3. The Hall–Kier alpha value is -6.26. The molecule has 1 aliphatic heterocycles. The van der Waals surface area contributed by atoms with Crippen molar-refractivity contribution in [2.24, 2.45) is 16.7 Å². The average molecular weight is 920 g/mol. The number of ether oxygens (including phenoxy) is 5. The van der Waals surface area contributed by atoms with E-state index < -0.39 is 113 Å². The van der Waals surface area contributed by atoms with E-state index in [2.05, 4.69) is 18.5 Å². The SMILES string of the molecule is C=CCCC(=O)O[C@@]12COC1C[C@H](O)[C@@]1(C)C(=O)[C@H](OC(C)=O)C3=C(C)[C@@H](OC(=O)[C@H](O)[C@@H](NC(=O)c4ccccc4)c4cccc(C=C)c4)C[C@@](O)([C@@H](OC(=O)c4ccccc4)[C@@H]12)C3(C)C. The van der Waals surface area contributed by atoms with E-state index in [4.69, 9.17) is 23.7 Å². The molecule has 15 nitrogen and oxygen atoms in total. The van der Waals surface area contributed by atoms with Crippen LogP contribution in [-0.4, -0.2) is 105 Å². The first-order chi connectivity index (χ1) is 31.7. The molecule has 0 radical (unpaired) electrons. The molecule has 354 valence electrons. The van der Waals surface area contributed by atoms with Crippen molar-refractivity contribution in [1.29, 1.82) is 0 Å². The quantitative estimate of drug-likeness (QED) is 0.0913. The van der Waals surface area contributed by atoms with E-state index in [1.807, 2.05) is 0 Å². The smallest absolute Gasteiger partial charge is 0.338 e. The number of rotatable bonds is 14. The van der Waals surface area contributed by atoms with Crippen LogP contribution in [-0.2, 0) is 42.9 Å². The van der Waals surface area contributed by atoms with Gasteiger partial charge >= 0.3 is 23.9 Å². The van der Waals surface area contributed by atoms with Crippen LogP contribution in [0.3, 0.4) is 0 Å². The number of hydrogen-bond donors (Lipinski definition) is 4. The zero-order chi connectivity index (χ0) is 48.6. The number of esters is 4. The fraction of sp³-hybridized carbons (Fsp3) is 0.423.